The van der Waals surface area contributed by atoms with Crippen LogP contribution in [0.2, 0.25) is 5.02 Å². The number of Topliss-reactive ketones (excluding diaryl/α,β-unsaturated/α-hetero) is 1. The molecule has 4 rings (SSSR count). The van der Waals surface area contributed by atoms with Crippen molar-refractivity contribution in [1.29, 1.82) is 0 Å². The van der Waals surface area contributed by atoms with Crippen LogP contribution in [-0.2, 0) is 16.1 Å². The van der Waals surface area contributed by atoms with Crippen molar-refractivity contribution in [3.63, 3.8) is 0 Å². The lowest BCUT2D eigenvalue weighted by Gasteiger charge is -2.24. The summed E-state index contributed by atoms with van der Waals surface area (Å²) in [6, 6.07) is 15.0. The molecule has 2 heterocycles. The van der Waals surface area contributed by atoms with Crippen LogP contribution >= 0.6 is 22.9 Å². The van der Waals surface area contributed by atoms with Crippen molar-refractivity contribution in [2.24, 2.45) is 0 Å². The Morgan fingerprint density at radius 3 is 2.47 bits per heavy atom. The van der Waals surface area contributed by atoms with Crippen LogP contribution in [0, 0.1) is 0 Å². The smallest absolute Gasteiger partial charge is 0.295 e. The monoisotopic (exact) mass is 469 g/mol. The molecular formula is C24H20ClNO5S. The first-order valence-electron chi connectivity index (χ1n) is 9.73. The van der Waals surface area contributed by atoms with Gasteiger partial charge in [0.05, 0.1) is 30.9 Å². The standard InChI is InChI=1S/C24H20ClNO5S/c1-30-16-8-5-14(6-9-16)13-26-21(19-4-3-11-32-19)20(23(28)24(26)29)22(27)15-7-10-17(25)18(12-15)31-2/h3-12,21,27H,13H2,1-2H3/b22-20-. The van der Waals surface area contributed by atoms with Gasteiger partial charge in [0.2, 0.25) is 0 Å². The second-order valence-corrected chi connectivity index (χ2v) is 8.53. The van der Waals surface area contributed by atoms with E-state index in [4.69, 9.17) is 21.1 Å². The van der Waals surface area contributed by atoms with E-state index in [1.165, 1.54) is 23.3 Å². The van der Waals surface area contributed by atoms with Gasteiger partial charge < -0.3 is 19.5 Å². The highest BCUT2D eigenvalue weighted by Crippen LogP contribution is 2.42. The predicted molar refractivity (Wildman–Crippen MR) is 123 cm³/mol. The van der Waals surface area contributed by atoms with E-state index in [1.807, 2.05) is 29.6 Å². The molecule has 0 saturated carbocycles. The number of thiophene rings is 1. The minimum absolute atomic E-state index is 0.0373. The Bertz CT molecular complexity index is 1190. The number of likely N-dealkylation sites (tertiary alicyclic amines) is 1. The van der Waals surface area contributed by atoms with Gasteiger partial charge in [0, 0.05) is 17.0 Å². The number of hydrogen-bond acceptors (Lipinski definition) is 6. The minimum atomic E-state index is -0.733. The first-order chi connectivity index (χ1) is 15.4. The molecule has 8 heteroatoms. The minimum Gasteiger partial charge on any atom is -0.507 e. The maximum absolute atomic E-state index is 13.1. The van der Waals surface area contributed by atoms with E-state index in [9.17, 15) is 14.7 Å². The maximum atomic E-state index is 13.1. The number of hydrogen-bond donors (Lipinski definition) is 1. The number of amides is 1. The molecule has 1 N–H and O–H groups in total. The van der Waals surface area contributed by atoms with Gasteiger partial charge in [-0.05, 0) is 47.3 Å². The number of nitrogens with zero attached hydrogens (tertiary/aromatic N) is 1. The van der Waals surface area contributed by atoms with Crippen LogP contribution in [-0.4, -0.2) is 35.9 Å². The molecule has 32 heavy (non-hydrogen) atoms. The molecular weight excluding hydrogens is 450 g/mol. The molecule has 1 amide bonds. The summed E-state index contributed by atoms with van der Waals surface area (Å²) in [5, 5.41) is 13.4. The first kappa shape index (κ1) is 21.9. The number of benzene rings is 2. The quantitative estimate of drug-likeness (QED) is 0.311. The van der Waals surface area contributed by atoms with Crippen molar-refractivity contribution in [2.45, 2.75) is 12.6 Å². The number of carbonyl (C=O) groups is 2. The summed E-state index contributed by atoms with van der Waals surface area (Å²) in [5.41, 5.74) is 1.22. The van der Waals surface area contributed by atoms with Crippen LogP contribution < -0.4 is 9.47 Å². The maximum Gasteiger partial charge on any atom is 0.295 e. The molecule has 1 saturated heterocycles. The van der Waals surface area contributed by atoms with Crippen LogP contribution in [0.4, 0.5) is 0 Å². The molecule has 0 aliphatic carbocycles. The highest BCUT2D eigenvalue weighted by Gasteiger charge is 2.46. The lowest BCUT2D eigenvalue weighted by atomic mass is 9.99. The van der Waals surface area contributed by atoms with Gasteiger partial charge in [-0.15, -0.1) is 11.3 Å². The zero-order chi connectivity index (χ0) is 22.8. The highest BCUT2D eigenvalue weighted by atomic mass is 35.5. The summed E-state index contributed by atoms with van der Waals surface area (Å²) in [6.07, 6.45) is 0. The third-order valence-corrected chi connectivity index (χ3v) is 6.53. The third kappa shape index (κ3) is 3.97. The van der Waals surface area contributed by atoms with E-state index in [0.29, 0.717) is 22.1 Å². The van der Waals surface area contributed by atoms with Gasteiger partial charge in [0.25, 0.3) is 11.7 Å². The molecule has 1 aliphatic heterocycles. The topological polar surface area (TPSA) is 76.1 Å². The van der Waals surface area contributed by atoms with Crippen LogP contribution in [0.5, 0.6) is 11.5 Å². The van der Waals surface area contributed by atoms with Crippen LogP contribution in [0.1, 0.15) is 22.0 Å². The summed E-state index contributed by atoms with van der Waals surface area (Å²) in [6.45, 7) is 0.206. The molecule has 0 bridgehead atoms. The Hall–Kier alpha value is -3.29. The molecule has 1 fully saturated rings. The molecule has 2 aromatic carbocycles. The summed E-state index contributed by atoms with van der Waals surface area (Å²) >= 11 is 7.51. The summed E-state index contributed by atoms with van der Waals surface area (Å²) < 4.78 is 10.4. The van der Waals surface area contributed by atoms with Crippen LogP contribution in [0.25, 0.3) is 5.76 Å². The molecule has 0 spiro atoms. The lowest BCUT2D eigenvalue weighted by molar-refractivity contribution is -0.140. The van der Waals surface area contributed by atoms with E-state index < -0.39 is 17.7 Å². The van der Waals surface area contributed by atoms with Gasteiger partial charge >= 0.3 is 0 Å². The molecule has 3 aromatic rings. The molecule has 164 valence electrons. The number of carbonyl (C=O) groups excluding carboxylic acids is 2. The van der Waals surface area contributed by atoms with E-state index in [1.54, 1.807) is 37.4 Å². The second-order valence-electron chi connectivity index (χ2n) is 7.14. The Kier molecular flexibility index (Phi) is 6.21. The van der Waals surface area contributed by atoms with E-state index in [-0.39, 0.29) is 17.9 Å². The average Bonchev–Trinajstić information content (AvgIpc) is 3.42. The third-order valence-electron chi connectivity index (χ3n) is 5.29. The van der Waals surface area contributed by atoms with E-state index in [0.717, 1.165) is 10.4 Å². The average molecular weight is 470 g/mol. The Morgan fingerprint density at radius 2 is 1.84 bits per heavy atom. The predicted octanol–water partition coefficient (Wildman–Crippen LogP) is 5.04. The Balaban J connectivity index is 1.80. The number of halogens is 1. The fraction of sp³-hybridized carbons (Fsp3) is 0.167. The Morgan fingerprint density at radius 1 is 1.09 bits per heavy atom. The fourth-order valence-corrected chi connectivity index (χ4v) is 4.72. The molecule has 1 aliphatic rings. The number of ketones is 1. The summed E-state index contributed by atoms with van der Waals surface area (Å²) in [4.78, 5) is 28.4. The van der Waals surface area contributed by atoms with Crippen molar-refractivity contribution in [1.82, 2.24) is 4.90 Å². The van der Waals surface area contributed by atoms with Gasteiger partial charge in [0.1, 0.15) is 17.3 Å². The summed E-state index contributed by atoms with van der Waals surface area (Å²) in [5.74, 6) is -0.614. The molecule has 1 aromatic heterocycles. The van der Waals surface area contributed by atoms with Crippen molar-refractivity contribution in [2.75, 3.05) is 14.2 Å². The van der Waals surface area contributed by atoms with Gasteiger partial charge in [0.15, 0.2) is 0 Å². The highest BCUT2D eigenvalue weighted by molar-refractivity contribution is 7.10. The van der Waals surface area contributed by atoms with E-state index in [2.05, 4.69) is 0 Å². The molecule has 0 radical (unpaired) electrons. The number of methoxy groups -OCH3 is 2. The molecule has 6 nitrogen and oxygen atoms in total. The number of aliphatic hydroxyl groups is 1. The largest absolute Gasteiger partial charge is 0.507 e. The number of aliphatic hydroxyl groups excluding tert-OH is 1. The van der Waals surface area contributed by atoms with Crippen molar-refractivity contribution >= 4 is 40.4 Å². The second kappa shape index (κ2) is 9.06. The Labute approximate surface area is 194 Å². The first-order valence-corrected chi connectivity index (χ1v) is 11.0. The normalized spacial score (nSPS) is 17.6. The van der Waals surface area contributed by atoms with Gasteiger partial charge in [-0.3, -0.25) is 9.59 Å². The van der Waals surface area contributed by atoms with E-state index >= 15 is 0 Å². The van der Waals surface area contributed by atoms with Gasteiger partial charge in [-0.1, -0.05) is 29.8 Å². The summed E-state index contributed by atoms with van der Waals surface area (Å²) in [7, 11) is 3.04. The zero-order valence-electron chi connectivity index (χ0n) is 17.4. The lowest BCUT2D eigenvalue weighted by Crippen LogP contribution is -2.28. The fourth-order valence-electron chi connectivity index (χ4n) is 3.68. The molecule has 1 atom stereocenters. The number of rotatable bonds is 6. The zero-order valence-corrected chi connectivity index (χ0v) is 18.9. The van der Waals surface area contributed by atoms with Crippen LogP contribution in [0.3, 0.4) is 0 Å². The van der Waals surface area contributed by atoms with Gasteiger partial charge in [-0.2, -0.15) is 0 Å². The van der Waals surface area contributed by atoms with Crippen molar-refractivity contribution < 1.29 is 24.2 Å². The van der Waals surface area contributed by atoms with Crippen molar-refractivity contribution in [3.05, 3.63) is 86.6 Å². The van der Waals surface area contributed by atoms with Crippen LogP contribution in [0.15, 0.2) is 65.6 Å². The number of ether oxygens (including phenoxy) is 2. The molecule has 1 unspecified atom stereocenters. The van der Waals surface area contributed by atoms with Gasteiger partial charge in [-0.25, -0.2) is 0 Å². The SMILES string of the molecule is COc1ccc(CN2C(=O)C(=O)/C(=C(\O)c3ccc(Cl)c(OC)c3)C2c2cccs2)cc1. The van der Waals surface area contributed by atoms with Crippen molar-refractivity contribution in [3.8, 4) is 11.5 Å².